The van der Waals surface area contributed by atoms with Crippen LogP contribution in [0.5, 0.6) is 11.5 Å². The quantitative estimate of drug-likeness (QED) is 0.561. The zero-order valence-corrected chi connectivity index (χ0v) is 19.4. The van der Waals surface area contributed by atoms with E-state index in [4.69, 9.17) is 9.47 Å². The molecule has 0 bridgehead atoms. The number of halogens is 1. The first kappa shape index (κ1) is 24.4. The molecule has 8 heteroatoms. The van der Waals surface area contributed by atoms with Gasteiger partial charge in [0, 0.05) is 19.2 Å². The Bertz CT molecular complexity index is 951. The Labute approximate surface area is 194 Å². The number of benzene rings is 2. The van der Waals surface area contributed by atoms with Crippen molar-refractivity contribution in [3.8, 4) is 11.5 Å². The molecule has 0 aliphatic carbocycles. The SMILES string of the molecule is CCCCNC(=O)N1C[C@H](C(=O)Nc2ccc(OC)cc2OC)CC[C@H]1c1ccc(F)cc1. The molecule has 0 spiro atoms. The summed E-state index contributed by atoms with van der Waals surface area (Å²) in [6.45, 7) is 2.90. The number of likely N-dealkylation sites (tertiary alicyclic amines) is 1. The van der Waals surface area contributed by atoms with Crippen molar-refractivity contribution >= 4 is 17.6 Å². The van der Waals surface area contributed by atoms with E-state index in [9.17, 15) is 14.0 Å². The molecule has 0 radical (unpaired) electrons. The molecule has 1 heterocycles. The minimum atomic E-state index is -0.384. The van der Waals surface area contributed by atoms with Crippen LogP contribution in [0.25, 0.3) is 0 Å². The van der Waals surface area contributed by atoms with Gasteiger partial charge in [-0.15, -0.1) is 0 Å². The van der Waals surface area contributed by atoms with Gasteiger partial charge in [-0.1, -0.05) is 25.5 Å². The fourth-order valence-electron chi connectivity index (χ4n) is 4.05. The molecule has 7 nitrogen and oxygen atoms in total. The summed E-state index contributed by atoms with van der Waals surface area (Å²) < 4.78 is 24.0. The molecule has 0 unspecified atom stereocenters. The molecule has 178 valence electrons. The van der Waals surface area contributed by atoms with Gasteiger partial charge in [-0.3, -0.25) is 4.79 Å². The van der Waals surface area contributed by atoms with Crippen molar-refractivity contribution < 1.29 is 23.5 Å². The first-order valence-corrected chi connectivity index (χ1v) is 11.3. The molecular weight excluding hydrogens is 425 g/mol. The second kappa shape index (κ2) is 11.5. The third-order valence-corrected chi connectivity index (χ3v) is 5.94. The highest BCUT2D eigenvalue weighted by Gasteiger charge is 2.35. The summed E-state index contributed by atoms with van der Waals surface area (Å²) in [6, 6.07) is 11.0. The second-order valence-corrected chi connectivity index (χ2v) is 8.13. The zero-order chi connectivity index (χ0) is 23.8. The molecule has 0 aromatic heterocycles. The summed E-state index contributed by atoms with van der Waals surface area (Å²) in [5, 5.41) is 5.88. The molecule has 2 N–H and O–H groups in total. The molecule has 1 saturated heterocycles. The number of rotatable bonds is 8. The summed E-state index contributed by atoms with van der Waals surface area (Å²) in [4.78, 5) is 27.8. The van der Waals surface area contributed by atoms with E-state index in [1.54, 1.807) is 42.3 Å². The van der Waals surface area contributed by atoms with Gasteiger partial charge in [-0.25, -0.2) is 9.18 Å². The van der Waals surface area contributed by atoms with E-state index >= 15 is 0 Å². The van der Waals surface area contributed by atoms with Gasteiger partial charge in [0.1, 0.15) is 17.3 Å². The van der Waals surface area contributed by atoms with E-state index in [0.717, 1.165) is 18.4 Å². The summed E-state index contributed by atoms with van der Waals surface area (Å²) >= 11 is 0. The van der Waals surface area contributed by atoms with Crippen LogP contribution in [0.3, 0.4) is 0 Å². The van der Waals surface area contributed by atoms with Gasteiger partial charge in [-0.05, 0) is 49.1 Å². The molecule has 2 aromatic carbocycles. The second-order valence-electron chi connectivity index (χ2n) is 8.13. The minimum absolute atomic E-state index is 0.178. The molecule has 3 rings (SSSR count). The summed E-state index contributed by atoms with van der Waals surface area (Å²) in [5.41, 5.74) is 1.40. The van der Waals surface area contributed by atoms with E-state index in [0.29, 0.717) is 36.6 Å². The standard InChI is InChI=1S/C25H32FN3O4/c1-4-5-14-27-25(31)29-16-18(8-13-22(29)17-6-9-19(26)10-7-17)24(30)28-21-12-11-20(32-2)15-23(21)33-3/h6-7,9-12,15,18,22H,4-5,8,13-14,16H2,1-3H3,(H,27,31)(H,28,30)/t18-,22+/m1/s1. The fraction of sp³-hybridized carbons (Fsp3) is 0.440. The summed E-state index contributed by atoms with van der Waals surface area (Å²) in [7, 11) is 3.09. The van der Waals surface area contributed by atoms with Crippen LogP contribution in [-0.4, -0.2) is 44.1 Å². The van der Waals surface area contributed by atoms with Crippen LogP contribution < -0.4 is 20.1 Å². The minimum Gasteiger partial charge on any atom is -0.497 e. The van der Waals surface area contributed by atoms with Gasteiger partial charge in [0.25, 0.3) is 0 Å². The first-order valence-electron chi connectivity index (χ1n) is 11.3. The number of unbranched alkanes of at least 4 members (excludes halogenated alkanes) is 1. The van der Waals surface area contributed by atoms with Crippen molar-refractivity contribution in [1.82, 2.24) is 10.2 Å². The van der Waals surface area contributed by atoms with Crippen LogP contribution in [0.2, 0.25) is 0 Å². The predicted octanol–water partition coefficient (Wildman–Crippen LogP) is 4.74. The lowest BCUT2D eigenvalue weighted by Gasteiger charge is -2.39. The maximum absolute atomic E-state index is 13.4. The molecule has 2 aromatic rings. The topological polar surface area (TPSA) is 79.9 Å². The lowest BCUT2D eigenvalue weighted by molar-refractivity contribution is -0.121. The highest BCUT2D eigenvalue weighted by atomic mass is 19.1. The number of piperidine rings is 1. The summed E-state index contributed by atoms with van der Waals surface area (Å²) in [6.07, 6.45) is 3.05. The van der Waals surface area contributed by atoms with Gasteiger partial charge in [0.2, 0.25) is 5.91 Å². The van der Waals surface area contributed by atoms with Gasteiger partial charge in [0.15, 0.2) is 0 Å². The number of amides is 3. The van der Waals surface area contributed by atoms with Gasteiger partial charge >= 0.3 is 6.03 Å². The van der Waals surface area contributed by atoms with Gasteiger partial charge in [-0.2, -0.15) is 0 Å². The molecule has 0 saturated carbocycles. The number of hydrogen-bond donors (Lipinski definition) is 2. The average Bonchev–Trinajstić information content (AvgIpc) is 2.84. The Morgan fingerprint density at radius 1 is 1.09 bits per heavy atom. The summed E-state index contributed by atoms with van der Waals surface area (Å²) in [5.74, 6) is 0.239. The molecule has 1 aliphatic heterocycles. The number of nitrogens with zero attached hydrogens (tertiary/aromatic N) is 1. The number of urea groups is 1. The van der Waals surface area contributed by atoms with E-state index in [1.165, 1.54) is 19.2 Å². The maximum atomic E-state index is 13.4. The van der Waals surface area contributed by atoms with Crippen molar-refractivity contribution in [2.75, 3.05) is 32.6 Å². The highest BCUT2D eigenvalue weighted by molar-refractivity contribution is 5.94. The van der Waals surface area contributed by atoms with Crippen LogP contribution in [0, 0.1) is 11.7 Å². The van der Waals surface area contributed by atoms with Crippen LogP contribution in [0.1, 0.15) is 44.2 Å². The van der Waals surface area contributed by atoms with Crippen molar-refractivity contribution in [1.29, 1.82) is 0 Å². The Morgan fingerprint density at radius 2 is 1.85 bits per heavy atom. The number of ether oxygens (including phenoxy) is 2. The van der Waals surface area contributed by atoms with Crippen molar-refractivity contribution in [3.05, 3.63) is 53.8 Å². The maximum Gasteiger partial charge on any atom is 0.317 e. The first-order chi connectivity index (χ1) is 16.0. The van der Waals surface area contributed by atoms with Crippen LogP contribution >= 0.6 is 0 Å². The Hall–Kier alpha value is -3.29. The average molecular weight is 458 g/mol. The Kier molecular flexibility index (Phi) is 8.52. The fourth-order valence-corrected chi connectivity index (χ4v) is 4.05. The smallest absolute Gasteiger partial charge is 0.317 e. The highest BCUT2D eigenvalue weighted by Crippen LogP contribution is 2.35. The number of methoxy groups -OCH3 is 2. The number of nitrogens with one attached hydrogen (secondary N) is 2. The van der Waals surface area contributed by atoms with Crippen LogP contribution in [-0.2, 0) is 4.79 Å². The normalized spacial score (nSPS) is 17.9. The molecule has 33 heavy (non-hydrogen) atoms. The van der Waals surface area contributed by atoms with Crippen LogP contribution in [0.15, 0.2) is 42.5 Å². The molecular formula is C25H32FN3O4. The Balaban J connectivity index is 1.76. The van der Waals surface area contributed by atoms with E-state index in [2.05, 4.69) is 17.6 Å². The monoisotopic (exact) mass is 457 g/mol. The largest absolute Gasteiger partial charge is 0.497 e. The van der Waals surface area contributed by atoms with E-state index in [-0.39, 0.29) is 36.3 Å². The van der Waals surface area contributed by atoms with Crippen molar-refractivity contribution in [2.24, 2.45) is 5.92 Å². The zero-order valence-electron chi connectivity index (χ0n) is 19.4. The van der Waals surface area contributed by atoms with Crippen LogP contribution in [0.4, 0.5) is 14.9 Å². The lowest BCUT2D eigenvalue weighted by atomic mass is 9.88. The van der Waals surface area contributed by atoms with Crippen molar-refractivity contribution in [2.45, 2.75) is 38.6 Å². The van der Waals surface area contributed by atoms with Gasteiger partial charge < -0.3 is 25.0 Å². The molecule has 1 aliphatic rings. The van der Waals surface area contributed by atoms with E-state index in [1.807, 2.05) is 0 Å². The third-order valence-electron chi connectivity index (χ3n) is 5.94. The third kappa shape index (κ3) is 6.15. The predicted molar refractivity (Wildman–Crippen MR) is 125 cm³/mol. The lowest BCUT2D eigenvalue weighted by Crippen LogP contribution is -2.49. The molecule has 2 atom stereocenters. The van der Waals surface area contributed by atoms with Crippen molar-refractivity contribution in [3.63, 3.8) is 0 Å². The number of anilines is 1. The molecule has 3 amide bonds. The number of hydrogen-bond acceptors (Lipinski definition) is 4. The number of carbonyl (C=O) groups excluding carboxylic acids is 2. The van der Waals surface area contributed by atoms with Gasteiger partial charge in [0.05, 0.1) is 31.9 Å². The van der Waals surface area contributed by atoms with E-state index < -0.39 is 0 Å². The Morgan fingerprint density at radius 3 is 2.52 bits per heavy atom. The number of carbonyl (C=O) groups is 2. The molecule has 1 fully saturated rings.